The van der Waals surface area contributed by atoms with E-state index in [1.807, 2.05) is 0 Å². The third-order valence-corrected chi connectivity index (χ3v) is 10.7. The summed E-state index contributed by atoms with van der Waals surface area (Å²) in [7, 11) is 0. The molecule has 0 unspecified atom stereocenters. The second kappa shape index (κ2) is 18.1. The first-order chi connectivity index (χ1) is 28.9. The molecule has 3 aromatic rings. The fraction of sp³-hybridized carbons (Fsp3) is 0.595. The van der Waals surface area contributed by atoms with Crippen LogP contribution in [-0.2, 0) is 33.2 Å². The molecule has 0 bridgehead atoms. The van der Waals surface area contributed by atoms with Crippen LogP contribution in [0.3, 0.4) is 0 Å². The molecule has 24 nitrogen and oxygen atoms in total. The molecule has 0 amide bonds. The Kier molecular flexibility index (Phi) is 13.4. The van der Waals surface area contributed by atoms with Gasteiger partial charge < -0.3 is 114 Å². The fourth-order valence-corrected chi connectivity index (χ4v) is 7.21. The number of hydrogen-bond acceptors (Lipinski definition) is 24. The molecule has 4 aliphatic rings. The Bertz CT molecular complexity index is 2030. The Balaban J connectivity index is 1.20. The van der Waals surface area contributed by atoms with Crippen LogP contribution < -0.4 is 10.2 Å². The molecule has 4 saturated heterocycles. The highest BCUT2D eigenvalue weighted by atomic mass is 16.8. The molecular formula is C37H46O24. The van der Waals surface area contributed by atoms with Crippen molar-refractivity contribution in [3.05, 3.63) is 46.6 Å². The monoisotopic (exact) mass is 874 g/mol. The van der Waals surface area contributed by atoms with Crippen LogP contribution in [0.5, 0.6) is 23.0 Å². The fourth-order valence-electron chi connectivity index (χ4n) is 7.21. The lowest BCUT2D eigenvalue weighted by molar-refractivity contribution is -0.381. The van der Waals surface area contributed by atoms with E-state index in [1.165, 1.54) is 31.2 Å². The van der Waals surface area contributed by atoms with Gasteiger partial charge in [-0.2, -0.15) is 0 Å². The van der Waals surface area contributed by atoms with Gasteiger partial charge in [0, 0.05) is 17.7 Å². The molecule has 5 heterocycles. The Morgan fingerprint density at radius 3 is 2.02 bits per heavy atom. The third-order valence-electron chi connectivity index (χ3n) is 10.7. The first kappa shape index (κ1) is 45.2. The van der Waals surface area contributed by atoms with Gasteiger partial charge in [-0.3, -0.25) is 4.79 Å². The van der Waals surface area contributed by atoms with E-state index in [4.69, 9.17) is 42.3 Å². The van der Waals surface area contributed by atoms with Crippen molar-refractivity contribution < 1.29 is 114 Å². The molecule has 1 aromatic heterocycles. The molecule has 4 fully saturated rings. The van der Waals surface area contributed by atoms with Gasteiger partial charge in [0.05, 0.1) is 19.3 Å². The van der Waals surface area contributed by atoms with E-state index < -0.39 is 164 Å². The van der Waals surface area contributed by atoms with Crippen LogP contribution in [-0.4, -0.2) is 202 Å². The first-order valence-electron chi connectivity index (χ1n) is 18.8. The summed E-state index contributed by atoms with van der Waals surface area (Å²) in [6.07, 6.45) is -34.8. The largest absolute Gasteiger partial charge is 0.508 e. The van der Waals surface area contributed by atoms with Crippen molar-refractivity contribution in [3.8, 4) is 34.3 Å². The van der Waals surface area contributed by atoms with Crippen molar-refractivity contribution in [1.29, 1.82) is 0 Å². The minimum Gasteiger partial charge on any atom is -0.508 e. The zero-order valence-corrected chi connectivity index (χ0v) is 31.7. The lowest BCUT2D eigenvalue weighted by Crippen LogP contribution is -2.65. The minimum atomic E-state index is -2.15. The van der Waals surface area contributed by atoms with E-state index in [0.29, 0.717) is 0 Å². The number of phenols is 3. The molecule has 0 radical (unpaired) electrons. The van der Waals surface area contributed by atoms with Crippen LogP contribution in [0, 0.1) is 0 Å². The average Bonchev–Trinajstić information content (AvgIpc) is 3.22. The molecular weight excluding hydrogens is 828 g/mol. The molecule has 61 heavy (non-hydrogen) atoms. The zero-order valence-electron chi connectivity index (χ0n) is 31.7. The van der Waals surface area contributed by atoms with Crippen molar-refractivity contribution in [1.82, 2.24) is 0 Å². The predicted octanol–water partition coefficient (Wildman–Crippen LogP) is -5.15. The smallest absolute Gasteiger partial charge is 0.239 e. The standard InChI is InChI=1S/C37H46O24/c1-10-19(42)30(58-34-26(49)20(43)15(41)8-53-34)28(51)35(55-10)54-9-17-21(44)24(47)32(60-36-27(50)23(46)25(48)33(52)61-36)37(57-17)59-31-22(45)18-14(40)6-13(39)7-16(18)56-29(31)11-2-4-12(38)5-3-11/h2-7,10,15,17,19-21,23-28,30,32-44,46-52H,8-9H2,1H3/t10-,15+,17+,19-,20-,21-,23+,24-,25+,26+,27+,28+,30+,32+,33+,34-,35+,36+,37-/m0/s1. The van der Waals surface area contributed by atoms with Gasteiger partial charge in [0.2, 0.25) is 17.5 Å². The highest BCUT2D eigenvalue weighted by Gasteiger charge is 2.53. The zero-order chi connectivity index (χ0) is 44.2. The van der Waals surface area contributed by atoms with Crippen LogP contribution in [0.25, 0.3) is 22.3 Å². The van der Waals surface area contributed by atoms with E-state index in [9.17, 15) is 76.3 Å². The minimum absolute atomic E-state index is 0.0722. The van der Waals surface area contributed by atoms with Gasteiger partial charge in [0.25, 0.3) is 0 Å². The van der Waals surface area contributed by atoms with Gasteiger partial charge in [-0.1, -0.05) is 0 Å². The number of benzene rings is 2. The lowest BCUT2D eigenvalue weighted by Gasteiger charge is -2.46. The third kappa shape index (κ3) is 8.87. The Morgan fingerprint density at radius 2 is 1.31 bits per heavy atom. The average molecular weight is 875 g/mol. The van der Waals surface area contributed by atoms with E-state index in [1.54, 1.807) is 0 Å². The van der Waals surface area contributed by atoms with Crippen LogP contribution >= 0.6 is 0 Å². The van der Waals surface area contributed by atoms with Gasteiger partial charge in [-0.05, 0) is 31.2 Å². The summed E-state index contributed by atoms with van der Waals surface area (Å²) >= 11 is 0. The maximum Gasteiger partial charge on any atom is 0.239 e. The number of hydrogen-bond donors (Lipinski definition) is 14. The highest BCUT2D eigenvalue weighted by molar-refractivity contribution is 5.88. The van der Waals surface area contributed by atoms with Gasteiger partial charge in [-0.15, -0.1) is 0 Å². The van der Waals surface area contributed by atoms with Gasteiger partial charge in [0.1, 0.15) is 101 Å². The number of phenolic OH excluding ortho intramolecular Hbond substituents is 3. The summed E-state index contributed by atoms with van der Waals surface area (Å²) in [5.74, 6) is -2.58. The van der Waals surface area contributed by atoms with E-state index in [0.717, 1.165) is 12.1 Å². The van der Waals surface area contributed by atoms with E-state index in [-0.39, 0.29) is 16.9 Å². The topological polar surface area (TPSA) is 387 Å². The molecule has 2 aromatic carbocycles. The number of rotatable bonds is 10. The summed E-state index contributed by atoms with van der Waals surface area (Å²) < 4.78 is 50.9. The number of aliphatic hydroxyl groups excluding tert-OH is 11. The summed E-state index contributed by atoms with van der Waals surface area (Å²) in [6, 6.07) is 6.91. The molecule has 0 spiro atoms. The van der Waals surface area contributed by atoms with Gasteiger partial charge in [0.15, 0.2) is 37.0 Å². The Morgan fingerprint density at radius 1 is 0.639 bits per heavy atom. The summed E-state index contributed by atoms with van der Waals surface area (Å²) in [4.78, 5) is 14.2. The SMILES string of the molecule is C[C@@H]1O[C@@H](OC[C@H]2O[C@@H](Oc3c(-c4ccc(O)cc4)oc4cc(O)cc(O)c4c3=O)[C@H](O[C@@H]3O[C@@H](O)[C@H](O)[C@@H](O)[C@H]3O)[C@@H](O)[C@H]2O)[C@H](O)[C@H](O[C@@H]2OC[C@@H](O)[C@H](O)[C@H]2O)[C@H]1O. The maximum atomic E-state index is 14.2. The van der Waals surface area contributed by atoms with Gasteiger partial charge in [-0.25, -0.2) is 0 Å². The second-order valence-corrected chi connectivity index (χ2v) is 15.0. The predicted molar refractivity (Wildman–Crippen MR) is 193 cm³/mol. The molecule has 338 valence electrons. The number of fused-ring (bicyclic) bond motifs is 1. The highest BCUT2D eigenvalue weighted by Crippen LogP contribution is 2.39. The van der Waals surface area contributed by atoms with Crippen molar-refractivity contribution in [3.63, 3.8) is 0 Å². The second-order valence-electron chi connectivity index (χ2n) is 15.0. The van der Waals surface area contributed by atoms with E-state index >= 15 is 0 Å². The summed E-state index contributed by atoms with van der Waals surface area (Å²) in [6.45, 7) is 0.118. The summed E-state index contributed by atoms with van der Waals surface area (Å²) in [5, 5.41) is 147. The van der Waals surface area contributed by atoms with Gasteiger partial charge >= 0.3 is 0 Å². The van der Waals surface area contributed by atoms with Crippen LogP contribution in [0.15, 0.2) is 45.6 Å². The Hall–Kier alpha value is -3.87. The number of aromatic hydroxyl groups is 3. The first-order valence-corrected chi connectivity index (χ1v) is 18.8. The van der Waals surface area contributed by atoms with Crippen molar-refractivity contribution in [2.45, 2.75) is 124 Å². The summed E-state index contributed by atoms with van der Waals surface area (Å²) in [5.41, 5.74) is -1.35. The maximum absolute atomic E-state index is 14.2. The molecule has 0 aliphatic carbocycles. The molecule has 14 N–H and O–H groups in total. The molecule has 0 saturated carbocycles. The van der Waals surface area contributed by atoms with Crippen LogP contribution in [0.1, 0.15) is 6.92 Å². The molecule has 7 rings (SSSR count). The van der Waals surface area contributed by atoms with Crippen molar-refractivity contribution in [2.75, 3.05) is 13.2 Å². The van der Waals surface area contributed by atoms with Crippen molar-refractivity contribution >= 4 is 11.0 Å². The molecule has 24 heteroatoms. The Labute approximate surface area is 342 Å². The number of aliphatic hydroxyl groups is 11. The lowest BCUT2D eigenvalue weighted by atomic mass is 9.97. The van der Waals surface area contributed by atoms with Crippen molar-refractivity contribution in [2.24, 2.45) is 0 Å². The van der Waals surface area contributed by atoms with Crippen LogP contribution in [0.2, 0.25) is 0 Å². The van der Waals surface area contributed by atoms with E-state index in [2.05, 4.69) is 0 Å². The van der Waals surface area contributed by atoms with Crippen LogP contribution in [0.4, 0.5) is 0 Å². The quantitative estimate of drug-likeness (QED) is 0.0905. The number of ether oxygens (including phenoxy) is 8. The molecule has 19 atom stereocenters. The normalized spacial score (nSPS) is 40.8. The molecule has 4 aliphatic heterocycles.